The zero-order valence-corrected chi connectivity index (χ0v) is 21.0. The van der Waals surface area contributed by atoms with Crippen molar-refractivity contribution in [1.29, 1.82) is 0 Å². The fourth-order valence-corrected chi connectivity index (χ4v) is 5.13. The molecular formula is C23H25N5O3S2. The molecule has 4 aromatic rings. The van der Waals surface area contributed by atoms with Crippen molar-refractivity contribution >= 4 is 49.8 Å². The topological polar surface area (TPSA) is 110 Å². The summed E-state index contributed by atoms with van der Waals surface area (Å²) >= 11 is 2.69. The van der Waals surface area contributed by atoms with Gasteiger partial charge in [-0.25, -0.2) is 15.0 Å². The largest absolute Gasteiger partial charge is 0.458 e. The summed E-state index contributed by atoms with van der Waals surface area (Å²) in [6, 6.07) is 3.58. The highest BCUT2D eigenvalue weighted by atomic mass is 32.1. The number of nitrogens with one attached hydrogen (secondary N) is 2. The van der Waals surface area contributed by atoms with E-state index in [9.17, 15) is 9.59 Å². The summed E-state index contributed by atoms with van der Waals surface area (Å²) in [5, 5.41) is 8.81. The molecule has 0 radical (unpaired) electrons. The molecule has 0 saturated carbocycles. The van der Waals surface area contributed by atoms with Gasteiger partial charge in [-0.2, -0.15) is 0 Å². The first-order chi connectivity index (χ1) is 15.5. The molecule has 0 aliphatic carbocycles. The van der Waals surface area contributed by atoms with Crippen molar-refractivity contribution in [1.82, 2.24) is 20.3 Å². The molecule has 2 amide bonds. The van der Waals surface area contributed by atoms with Gasteiger partial charge in [0, 0.05) is 23.1 Å². The number of nitrogens with zero attached hydrogens (tertiary/aromatic N) is 3. The zero-order chi connectivity index (χ0) is 23.9. The number of thiophene rings is 1. The third kappa shape index (κ3) is 4.81. The fraction of sp³-hybridized carbons (Fsp3) is 0.348. The first kappa shape index (κ1) is 23.1. The summed E-state index contributed by atoms with van der Waals surface area (Å²) < 4.78 is 5.74. The van der Waals surface area contributed by atoms with E-state index < -0.39 is 0 Å². The van der Waals surface area contributed by atoms with Crippen LogP contribution in [0, 0.1) is 13.8 Å². The third-order valence-corrected chi connectivity index (χ3v) is 6.94. The number of amides is 2. The first-order valence-electron chi connectivity index (χ1n) is 10.4. The van der Waals surface area contributed by atoms with Crippen molar-refractivity contribution < 1.29 is 14.0 Å². The number of carbonyl (C=O) groups excluding carboxylic acids is 2. The van der Waals surface area contributed by atoms with Crippen LogP contribution in [-0.2, 0) is 16.8 Å². The van der Waals surface area contributed by atoms with Crippen LogP contribution in [-0.4, -0.2) is 26.8 Å². The molecule has 0 aliphatic heterocycles. The number of aryl methyl sites for hydroxylation is 2. The van der Waals surface area contributed by atoms with Crippen molar-refractivity contribution in [2.75, 3.05) is 5.32 Å². The summed E-state index contributed by atoms with van der Waals surface area (Å²) in [5.74, 6) is 1.62. The van der Waals surface area contributed by atoms with Gasteiger partial charge in [-0.3, -0.25) is 14.9 Å². The fourth-order valence-electron chi connectivity index (χ4n) is 3.31. The Morgan fingerprint density at radius 1 is 1.12 bits per heavy atom. The van der Waals surface area contributed by atoms with Crippen LogP contribution in [0.15, 0.2) is 21.9 Å². The second-order valence-electron chi connectivity index (χ2n) is 8.79. The zero-order valence-electron chi connectivity index (χ0n) is 19.3. The van der Waals surface area contributed by atoms with Gasteiger partial charge in [-0.1, -0.05) is 20.8 Å². The quantitative estimate of drug-likeness (QED) is 0.403. The lowest BCUT2D eigenvalue weighted by atomic mass is 9.95. The van der Waals surface area contributed by atoms with E-state index in [1.165, 1.54) is 29.6 Å². The molecule has 0 fully saturated rings. The van der Waals surface area contributed by atoms with Gasteiger partial charge in [0.1, 0.15) is 22.1 Å². The Balaban J connectivity index is 1.55. The summed E-state index contributed by atoms with van der Waals surface area (Å²) in [6.07, 6.45) is 0. The van der Waals surface area contributed by atoms with Gasteiger partial charge in [0.05, 0.1) is 17.1 Å². The van der Waals surface area contributed by atoms with Gasteiger partial charge in [0.15, 0.2) is 10.9 Å². The Kier molecular flexibility index (Phi) is 6.06. The smallest absolute Gasteiger partial charge is 0.267 e. The van der Waals surface area contributed by atoms with E-state index in [4.69, 9.17) is 9.40 Å². The lowest BCUT2D eigenvalue weighted by molar-refractivity contribution is -0.119. The minimum absolute atomic E-state index is 0.126. The van der Waals surface area contributed by atoms with Crippen LogP contribution in [0.25, 0.3) is 21.7 Å². The lowest BCUT2D eigenvalue weighted by Crippen LogP contribution is -2.18. The van der Waals surface area contributed by atoms with E-state index in [1.807, 2.05) is 19.2 Å². The van der Waals surface area contributed by atoms with Gasteiger partial charge in [-0.05, 0) is 31.5 Å². The molecule has 0 saturated heterocycles. The highest BCUT2D eigenvalue weighted by Crippen LogP contribution is 2.34. The monoisotopic (exact) mass is 483 g/mol. The van der Waals surface area contributed by atoms with Gasteiger partial charge in [0.25, 0.3) is 5.91 Å². The SMILES string of the molecule is CC(=O)NCc1ccc(-c2csc(NC(=O)c3sc4nc(C(C)(C)C)nc(C)c4c3C)n2)o1. The molecule has 0 bridgehead atoms. The standard InChI is InChI=1S/C23H25N5O3S2/c1-11-17-12(2)25-21(23(4,5)6)28-20(17)33-18(11)19(30)27-22-26-15(10-32-22)16-8-7-14(31-16)9-24-13(3)29/h7-8,10H,9H2,1-6H3,(H,24,29)(H,26,27,30). The molecule has 4 heterocycles. The van der Waals surface area contributed by atoms with Crippen molar-refractivity contribution in [3.8, 4) is 11.5 Å². The van der Waals surface area contributed by atoms with Gasteiger partial charge in [0.2, 0.25) is 5.91 Å². The minimum atomic E-state index is -0.223. The van der Waals surface area contributed by atoms with Crippen LogP contribution in [0.2, 0.25) is 0 Å². The van der Waals surface area contributed by atoms with E-state index in [0.717, 1.165) is 27.3 Å². The normalized spacial score (nSPS) is 11.7. The van der Waals surface area contributed by atoms with Gasteiger partial charge >= 0.3 is 0 Å². The molecule has 0 unspecified atom stereocenters. The Labute approximate surface area is 199 Å². The number of thiazole rings is 1. The number of aromatic nitrogens is 3. The highest BCUT2D eigenvalue weighted by Gasteiger charge is 2.24. The van der Waals surface area contributed by atoms with E-state index in [0.29, 0.717) is 33.8 Å². The summed E-state index contributed by atoms with van der Waals surface area (Å²) in [7, 11) is 0. The van der Waals surface area contributed by atoms with E-state index in [2.05, 4.69) is 41.4 Å². The number of carbonyl (C=O) groups is 2. The molecular weight excluding hydrogens is 458 g/mol. The van der Waals surface area contributed by atoms with Crippen LogP contribution >= 0.6 is 22.7 Å². The average Bonchev–Trinajstić information content (AvgIpc) is 3.44. The Hall–Kier alpha value is -3.11. The predicted molar refractivity (Wildman–Crippen MR) is 131 cm³/mol. The molecule has 4 rings (SSSR count). The van der Waals surface area contributed by atoms with Crippen molar-refractivity contribution in [3.63, 3.8) is 0 Å². The molecule has 0 spiro atoms. The number of anilines is 1. The molecule has 2 N–H and O–H groups in total. The second kappa shape index (κ2) is 8.68. The van der Waals surface area contributed by atoms with Crippen molar-refractivity contribution in [3.05, 3.63) is 45.2 Å². The number of hydrogen-bond acceptors (Lipinski definition) is 8. The van der Waals surface area contributed by atoms with Crippen LogP contribution in [0.1, 0.15) is 60.2 Å². The maximum absolute atomic E-state index is 13.1. The highest BCUT2D eigenvalue weighted by molar-refractivity contribution is 7.21. The lowest BCUT2D eigenvalue weighted by Gasteiger charge is -2.16. The van der Waals surface area contributed by atoms with E-state index in [-0.39, 0.29) is 17.2 Å². The molecule has 10 heteroatoms. The molecule has 0 aromatic carbocycles. The van der Waals surface area contributed by atoms with Crippen molar-refractivity contribution in [2.24, 2.45) is 0 Å². The maximum atomic E-state index is 13.1. The number of hydrogen-bond donors (Lipinski definition) is 2. The molecule has 172 valence electrons. The molecule has 33 heavy (non-hydrogen) atoms. The second-order valence-corrected chi connectivity index (χ2v) is 10.6. The maximum Gasteiger partial charge on any atom is 0.267 e. The number of furan rings is 1. The van der Waals surface area contributed by atoms with Crippen molar-refractivity contribution in [2.45, 2.75) is 53.5 Å². The Morgan fingerprint density at radius 2 is 1.88 bits per heavy atom. The molecule has 0 aliphatic rings. The molecule has 0 atom stereocenters. The predicted octanol–water partition coefficient (Wildman–Crippen LogP) is 5.21. The first-order valence-corrected chi connectivity index (χ1v) is 12.1. The minimum Gasteiger partial charge on any atom is -0.458 e. The number of fused-ring (bicyclic) bond motifs is 1. The van der Waals surface area contributed by atoms with E-state index in [1.54, 1.807) is 12.1 Å². The molecule has 8 nitrogen and oxygen atoms in total. The van der Waals surface area contributed by atoms with E-state index >= 15 is 0 Å². The van der Waals surface area contributed by atoms with Crippen LogP contribution in [0.3, 0.4) is 0 Å². The molecule has 4 aromatic heterocycles. The third-order valence-electron chi connectivity index (χ3n) is 5.00. The Bertz CT molecular complexity index is 1360. The summed E-state index contributed by atoms with van der Waals surface area (Å²) in [5.41, 5.74) is 2.19. The summed E-state index contributed by atoms with van der Waals surface area (Å²) in [4.78, 5) is 39.4. The van der Waals surface area contributed by atoms with Crippen LogP contribution in [0.5, 0.6) is 0 Å². The summed E-state index contributed by atoms with van der Waals surface area (Å²) in [6.45, 7) is 11.9. The van der Waals surface area contributed by atoms with Gasteiger partial charge in [-0.15, -0.1) is 22.7 Å². The Morgan fingerprint density at radius 3 is 2.58 bits per heavy atom. The van der Waals surface area contributed by atoms with Gasteiger partial charge < -0.3 is 9.73 Å². The average molecular weight is 484 g/mol. The van der Waals surface area contributed by atoms with Crippen LogP contribution in [0.4, 0.5) is 5.13 Å². The van der Waals surface area contributed by atoms with Crippen LogP contribution < -0.4 is 10.6 Å². The number of rotatable bonds is 5.